The molecule has 0 saturated carbocycles. The van der Waals surface area contributed by atoms with Crippen LogP contribution in [0.25, 0.3) is 46.4 Å². The van der Waals surface area contributed by atoms with Crippen LogP contribution in [0.2, 0.25) is 0 Å². The topological polar surface area (TPSA) is 107 Å². The van der Waals surface area contributed by atoms with E-state index in [4.69, 9.17) is 5.11 Å². The zero-order valence-corrected chi connectivity index (χ0v) is 19.0. The highest BCUT2D eigenvalue weighted by atomic mass is 16.3. The molecule has 0 radical (unpaired) electrons. The summed E-state index contributed by atoms with van der Waals surface area (Å²) in [7, 11) is 0. The van der Waals surface area contributed by atoms with Crippen molar-refractivity contribution in [3.63, 3.8) is 0 Å². The number of phenols is 1. The lowest BCUT2D eigenvalue weighted by atomic mass is 10.3. The second-order valence-corrected chi connectivity index (χ2v) is 8.13. The number of amides is 1. The summed E-state index contributed by atoms with van der Waals surface area (Å²) in [6.07, 6.45) is 8.05. The fourth-order valence-corrected chi connectivity index (χ4v) is 3.69. The minimum Gasteiger partial charge on any atom is -0.508 e. The summed E-state index contributed by atoms with van der Waals surface area (Å²) in [6, 6.07) is 22.7. The van der Waals surface area contributed by atoms with E-state index in [0.717, 1.165) is 44.8 Å². The van der Waals surface area contributed by atoms with Crippen LogP contribution in [-0.2, 0) is 4.79 Å². The van der Waals surface area contributed by atoms with Crippen LogP contribution in [-0.4, -0.2) is 30.9 Å². The first-order valence-corrected chi connectivity index (χ1v) is 11.1. The highest BCUT2D eigenvalue weighted by Crippen LogP contribution is 2.17. The van der Waals surface area contributed by atoms with Gasteiger partial charge in [-0.15, -0.1) is 0 Å². The minimum atomic E-state index is -0.115. The van der Waals surface area contributed by atoms with Crippen molar-refractivity contribution in [2.45, 2.75) is 6.92 Å². The van der Waals surface area contributed by atoms with Gasteiger partial charge >= 0.3 is 0 Å². The molecule has 6 rings (SSSR count). The number of carbonyl (C=O) groups is 1. The van der Waals surface area contributed by atoms with Crippen molar-refractivity contribution in [2.75, 3.05) is 5.32 Å². The van der Waals surface area contributed by atoms with Gasteiger partial charge in [0.15, 0.2) is 0 Å². The lowest BCUT2D eigenvalue weighted by molar-refractivity contribution is -0.114. The second-order valence-electron chi connectivity index (χ2n) is 8.13. The van der Waals surface area contributed by atoms with E-state index in [1.54, 1.807) is 12.1 Å². The molecular weight excluding hydrogens is 438 g/mol. The molecule has 0 spiro atoms. The van der Waals surface area contributed by atoms with Gasteiger partial charge in [0.1, 0.15) is 5.75 Å². The van der Waals surface area contributed by atoms with Crippen LogP contribution in [0.1, 0.15) is 29.7 Å². The predicted octanol–water partition coefficient (Wildman–Crippen LogP) is 6.01. The van der Waals surface area contributed by atoms with Crippen LogP contribution in [0.4, 0.5) is 5.69 Å². The summed E-state index contributed by atoms with van der Waals surface area (Å²) in [5, 5.41) is 11.5. The van der Waals surface area contributed by atoms with Crippen molar-refractivity contribution in [3.8, 4) is 5.75 Å². The third-order valence-corrected chi connectivity index (χ3v) is 5.23. The zero-order valence-electron chi connectivity index (χ0n) is 19.0. The third kappa shape index (κ3) is 5.72. The van der Waals surface area contributed by atoms with E-state index in [0.29, 0.717) is 5.69 Å². The minimum absolute atomic E-state index is 0.115. The predicted molar refractivity (Wildman–Crippen MR) is 141 cm³/mol. The van der Waals surface area contributed by atoms with Crippen LogP contribution in [0.15, 0.2) is 72.8 Å². The van der Waals surface area contributed by atoms with E-state index in [9.17, 15) is 4.79 Å². The molecule has 35 heavy (non-hydrogen) atoms. The summed E-state index contributed by atoms with van der Waals surface area (Å²) in [6.45, 7) is 1.44. The maximum Gasteiger partial charge on any atom is 0.221 e. The average molecular weight is 462 g/mol. The van der Waals surface area contributed by atoms with Crippen LogP contribution >= 0.6 is 0 Å². The Bertz CT molecular complexity index is 1520. The molecule has 172 valence electrons. The number of nitrogens with zero attached hydrogens (tertiary/aromatic N) is 2. The summed E-state index contributed by atoms with van der Waals surface area (Å²) < 4.78 is 0. The highest BCUT2D eigenvalue weighted by molar-refractivity contribution is 5.88. The molecule has 1 amide bonds. The molecule has 4 N–H and O–H groups in total. The number of hydrogen-bond donors (Lipinski definition) is 4. The number of aromatic nitrogens is 4. The molecule has 0 fully saturated rings. The van der Waals surface area contributed by atoms with Crippen LogP contribution in [0.3, 0.4) is 0 Å². The molecule has 0 saturated heterocycles. The highest BCUT2D eigenvalue weighted by Gasteiger charge is 2.02. The SMILES string of the molecule is C1=Cc2cc3ccc(cc4ccc(cc5nc(cc1n2)C=C5)[nH]4)[nH]3.CC(=O)Nc1ccc(O)cc1. The van der Waals surface area contributed by atoms with Crippen LogP contribution in [0, 0.1) is 0 Å². The van der Waals surface area contributed by atoms with Crippen molar-refractivity contribution in [3.05, 3.63) is 95.6 Å². The number of hydrogen-bond acceptors (Lipinski definition) is 4. The first-order chi connectivity index (χ1) is 17.0. The molecule has 7 nitrogen and oxygen atoms in total. The fourth-order valence-electron chi connectivity index (χ4n) is 3.69. The number of fused-ring (bicyclic) bond motifs is 8. The number of aromatic amines is 2. The zero-order chi connectivity index (χ0) is 24.2. The van der Waals surface area contributed by atoms with Gasteiger partial charge in [-0.2, -0.15) is 0 Å². The number of benzene rings is 1. The van der Waals surface area contributed by atoms with Gasteiger partial charge in [-0.05, 0) is 97.1 Å². The van der Waals surface area contributed by atoms with Crippen LogP contribution < -0.4 is 5.32 Å². The van der Waals surface area contributed by atoms with Gasteiger partial charge in [0, 0.05) is 34.7 Å². The second kappa shape index (κ2) is 9.52. The van der Waals surface area contributed by atoms with Gasteiger partial charge in [-0.25, -0.2) is 9.97 Å². The quantitative estimate of drug-likeness (QED) is 0.225. The molecule has 4 aromatic rings. The maximum atomic E-state index is 10.5. The summed E-state index contributed by atoms with van der Waals surface area (Å²) >= 11 is 0. The Labute approximate surface area is 201 Å². The molecule has 2 aliphatic rings. The van der Waals surface area contributed by atoms with Gasteiger partial charge in [-0.1, -0.05) is 0 Å². The van der Waals surface area contributed by atoms with E-state index < -0.39 is 0 Å². The monoisotopic (exact) mass is 461 g/mol. The summed E-state index contributed by atoms with van der Waals surface area (Å²) in [4.78, 5) is 26.5. The molecule has 3 aromatic heterocycles. The summed E-state index contributed by atoms with van der Waals surface area (Å²) in [5.74, 6) is 0.0785. The molecule has 0 aliphatic carbocycles. The van der Waals surface area contributed by atoms with Gasteiger partial charge in [0.25, 0.3) is 0 Å². The third-order valence-electron chi connectivity index (χ3n) is 5.23. The largest absolute Gasteiger partial charge is 0.508 e. The first kappa shape index (κ1) is 21.9. The Morgan fingerprint density at radius 2 is 1.09 bits per heavy atom. The number of phenolic OH excluding ortho intramolecular Hbond substituents is 1. The fraction of sp³-hybridized carbons (Fsp3) is 0.0357. The lowest BCUT2D eigenvalue weighted by Crippen LogP contribution is -2.04. The van der Waals surface area contributed by atoms with Crippen molar-refractivity contribution in [1.82, 2.24) is 19.9 Å². The molecule has 1 aromatic carbocycles. The van der Waals surface area contributed by atoms with Gasteiger partial charge in [0.05, 0.1) is 22.8 Å². The Hall–Kier alpha value is -4.91. The Morgan fingerprint density at radius 3 is 1.54 bits per heavy atom. The Morgan fingerprint density at radius 1 is 0.657 bits per heavy atom. The van der Waals surface area contributed by atoms with Crippen molar-refractivity contribution in [1.29, 1.82) is 0 Å². The molecule has 0 unspecified atom stereocenters. The van der Waals surface area contributed by atoms with Crippen molar-refractivity contribution < 1.29 is 9.90 Å². The number of H-pyrrole nitrogens is 2. The lowest BCUT2D eigenvalue weighted by Gasteiger charge is -1.99. The summed E-state index contributed by atoms with van der Waals surface area (Å²) in [5.41, 5.74) is 8.55. The smallest absolute Gasteiger partial charge is 0.221 e. The van der Waals surface area contributed by atoms with Gasteiger partial charge < -0.3 is 20.4 Å². The van der Waals surface area contributed by atoms with Gasteiger partial charge in [-0.3, -0.25) is 4.79 Å². The van der Waals surface area contributed by atoms with E-state index >= 15 is 0 Å². The Balaban J connectivity index is 0.000000195. The molecule has 8 bridgehead atoms. The van der Waals surface area contributed by atoms with E-state index in [-0.39, 0.29) is 11.7 Å². The van der Waals surface area contributed by atoms with Gasteiger partial charge in [0.2, 0.25) is 5.91 Å². The first-order valence-electron chi connectivity index (χ1n) is 11.1. The van der Waals surface area contributed by atoms with Crippen molar-refractivity contribution in [2.24, 2.45) is 0 Å². The van der Waals surface area contributed by atoms with E-state index in [1.807, 2.05) is 42.5 Å². The standard InChI is InChI=1S/C20H14N4.C8H9NO2/c1-2-14-10-16-5-6-18(23-16)12-20-8-7-19(24-20)11-17-4-3-15(22-17)9-13(1)21-14;1-6(10)9-7-2-4-8(11)5-3-7/h1-12,21-22H;2-5,11H,1H3,(H,9,10). The molecule has 5 heterocycles. The normalized spacial score (nSPS) is 11.6. The molecule has 7 heteroatoms. The molecule has 0 atom stereocenters. The molecule has 2 aliphatic heterocycles. The number of nitrogens with one attached hydrogen (secondary N) is 3. The van der Waals surface area contributed by atoms with Crippen LogP contribution in [0.5, 0.6) is 5.75 Å². The maximum absolute atomic E-state index is 10.5. The van der Waals surface area contributed by atoms with E-state index in [1.165, 1.54) is 19.1 Å². The average Bonchev–Trinajstić information content (AvgIpc) is 3.62. The number of carbonyl (C=O) groups excluding carboxylic acids is 1. The van der Waals surface area contributed by atoms with Crippen molar-refractivity contribution >= 4 is 58.0 Å². The molecular formula is C28H23N5O2. The number of anilines is 1. The number of rotatable bonds is 1. The number of aromatic hydroxyl groups is 1. The van der Waals surface area contributed by atoms with E-state index in [2.05, 4.69) is 55.6 Å². The Kier molecular flexibility index (Phi) is 5.96.